The second-order valence-corrected chi connectivity index (χ2v) is 7.72. The fourth-order valence-electron chi connectivity index (χ4n) is 4.28. The maximum absolute atomic E-state index is 12.9. The molecule has 1 atom stereocenters. The van der Waals surface area contributed by atoms with Crippen molar-refractivity contribution in [2.75, 3.05) is 25.6 Å². The summed E-state index contributed by atoms with van der Waals surface area (Å²) >= 11 is 0. The third kappa shape index (κ3) is 2.71. The molecule has 0 saturated heterocycles. The quantitative estimate of drug-likeness (QED) is 0.587. The van der Waals surface area contributed by atoms with Crippen molar-refractivity contribution in [3.05, 3.63) is 88.5 Å². The first-order valence-electron chi connectivity index (χ1n) is 10.1. The van der Waals surface area contributed by atoms with E-state index in [-0.39, 0.29) is 6.61 Å². The van der Waals surface area contributed by atoms with Crippen molar-refractivity contribution in [2.45, 2.75) is 12.5 Å². The van der Waals surface area contributed by atoms with E-state index in [0.29, 0.717) is 33.8 Å². The molecule has 0 aromatic heterocycles. The van der Waals surface area contributed by atoms with E-state index >= 15 is 0 Å². The molecule has 156 valence electrons. The fourth-order valence-corrected chi connectivity index (χ4v) is 4.28. The summed E-state index contributed by atoms with van der Waals surface area (Å²) in [5.74, 6) is 0.285. The summed E-state index contributed by atoms with van der Waals surface area (Å²) in [6.07, 6.45) is 0. The minimum absolute atomic E-state index is 0.269. The average Bonchev–Trinajstić information content (AvgIpc) is 3.07. The number of benzene rings is 3. The van der Waals surface area contributed by atoms with Crippen LogP contribution in [0.2, 0.25) is 0 Å². The highest BCUT2D eigenvalue weighted by Gasteiger charge is 2.53. The van der Waals surface area contributed by atoms with Crippen LogP contribution < -0.4 is 9.64 Å². The monoisotopic (exact) mass is 415 g/mol. The molecule has 0 saturated carbocycles. The zero-order chi connectivity index (χ0) is 21.8. The highest BCUT2D eigenvalue weighted by molar-refractivity contribution is 5.97. The van der Waals surface area contributed by atoms with Crippen molar-refractivity contribution < 1.29 is 23.8 Å². The number of nitrogens with zero attached hydrogens (tertiary/aromatic N) is 1. The van der Waals surface area contributed by atoms with E-state index < -0.39 is 17.5 Å². The van der Waals surface area contributed by atoms with E-state index in [1.54, 1.807) is 31.2 Å². The Kier molecular flexibility index (Phi) is 4.25. The van der Waals surface area contributed by atoms with Gasteiger partial charge in [-0.1, -0.05) is 18.2 Å². The predicted molar refractivity (Wildman–Crippen MR) is 115 cm³/mol. The minimum Gasteiger partial charge on any atom is -0.462 e. The minimum atomic E-state index is -1.20. The Labute approximate surface area is 180 Å². The molecule has 0 amide bonds. The summed E-state index contributed by atoms with van der Waals surface area (Å²) in [6.45, 7) is 2.03. The first-order chi connectivity index (χ1) is 15.0. The van der Waals surface area contributed by atoms with E-state index in [2.05, 4.69) is 0 Å². The Hall–Kier alpha value is -3.80. The summed E-state index contributed by atoms with van der Waals surface area (Å²) in [5.41, 5.74) is 2.66. The molecule has 2 aliphatic heterocycles. The van der Waals surface area contributed by atoms with Crippen LogP contribution in [-0.2, 0) is 15.1 Å². The van der Waals surface area contributed by atoms with Gasteiger partial charge in [0.25, 0.3) is 0 Å². The van der Waals surface area contributed by atoms with Crippen LogP contribution in [0, 0.1) is 0 Å². The van der Waals surface area contributed by atoms with Crippen molar-refractivity contribution in [2.24, 2.45) is 0 Å². The van der Waals surface area contributed by atoms with Crippen molar-refractivity contribution in [3.63, 3.8) is 0 Å². The lowest BCUT2D eigenvalue weighted by Crippen LogP contribution is -2.33. The summed E-state index contributed by atoms with van der Waals surface area (Å²) < 4.78 is 17.5. The van der Waals surface area contributed by atoms with E-state index in [0.717, 1.165) is 11.3 Å². The van der Waals surface area contributed by atoms with Crippen LogP contribution in [0.3, 0.4) is 0 Å². The van der Waals surface area contributed by atoms with E-state index in [1.807, 2.05) is 55.4 Å². The summed E-state index contributed by atoms with van der Waals surface area (Å²) in [5, 5.41) is 0. The largest absolute Gasteiger partial charge is 0.462 e. The number of rotatable bonds is 3. The van der Waals surface area contributed by atoms with Crippen molar-refractivity contribution in [3.8, 4) is 11.5 Å². The first kappa shape index (κ1) is 19.2. The molecule has 31 heavy (non-hydrogen) atoms. The normalized spacial score (nSPS) is 17.8. The SMILES string of the molecule is CCOC(=O)c1ccc2c(c1)C1(OC(=O)c3ccccc31)c1ccc(N(C)C)cc1O2. The molecule has 0 radical (unpaired) electrons. The molecule has 1 unspecified atom stereocenters. The van der Waals surface area contributed by atoms with Gasteiger partial charge < -0.3 is 19.1 Å². The molecule has 0 N–H and O–H groups in total. The Morgan fingerprint density at radius 1 is 0.968 bits per heavy atom. The van der Waals surface area contributed by atoms with Crippen LogP contribution in [0.4, 0.5) is 5.69 Å². The van der Waals surface area contributed by atoms with Gasteiger partial charge in [0.15, 0.2) is 5.60 Å². The highest BCUT2D eigenvalue weighted by Crippen LogP contribution is 2.56. The van der Waals surface area contributed by atoms with Gasteiger partial charge in [-0.15, -0.1) is 0 Å². The number of anilines is 1. The molecular formula is C25H21NO5. The third-order valence-corrected chi connectivity index (χ3v) is 5.72. The molecule has 1 spiro atoms. The van der Waals surface area contributed by atoms with Gasteiger partial charge in [0.2, 0.25) is 0 Å². The Morgan fingerprint density at radius 3 is 2.55 bits per heavy atom. The van der Waals surface area contributed by atoms with Gasteiger partial charge in [-0.05, 0) is 43.3 Å². The third-order valence-electron chi connectivity index (χ3n) is 5.72. The highest BCUT2D eigenvalue weighted by atomic mass is 16.6. The molecule has 6 nitrogen and oxygen atoms in total. The maximum atomic E-state index is 12.9. The van der Waals surface area contributed by atoms with Crippen LogP contribution in [-0.4, -0.2) is 32.6 Å². The Balaban J connectivity index is 1.80. The lowest BCUT2D eigenvalue weighted by Gasteiger charge is -2.37. The van der Waals surface area contributed by atoms with Gasteiger partial charge in [0.1, 0.15) is 11.5 Å². The second-order valence-electron chi connectivity index (χ2n) is 7.72. The molecule has 0 bridgehead atoms. The van der Waals surface area contributed by atoms with Gasteiger partial charge in [-0.2, -0.15) is 0 Å². The van der Waals surface area contributed by atoms with Crippen molar-refractivity contribution in [1.29, 1.82) is 0 Å². The maximum Gasteiger partial charge on any atom is 0.340 e. The predicted octanol–water partition coefficient (Wildman–Crippen LogP) is 4.50. The molecule has 3 aromatic carbocycles. The van der Waals surface area contributed by atoms with Crippen LogP contribution in [0.5, 0.6) is 11.5 Å². The number of esters is 2. The molecule has 5 rings (SSSR count). The van der Waals surface area contributed by atoms with Crippen LogP contribution in [0.15, 0.2) is 60.7 Å². The topological polar surface area (TPSA) is 65.1 Å². The Morgan fingerprint density at radius 2 is 1.77 bits per heavy atom. The zero-order valence-corrected chi connectivity index (χ0v) is 17.5. The number of ether oxygens (including phenoxy) is 3. The van der Waals surface area contributed by atoms with E-state index in [1.165, 1.54) is 0 Å². The summed E-state index contributed by atoms with van der Waals surface area (Å²) in [4.78, 5) is 27.3. The molecule has 2 aliphatic rings. The lowest BCUT2D eigenvalue weighted by molar-refractivity contribution is 0.0224. The van der Waals surface area contributed by atoms with E-state index in [9.17, 15) is 9.59 Å². The molecule has 0 fully saturated rings. The first-order valence-corrected chi connectivity index (χ1v) is 10.1. The number of carbonyl (C=O) groups excluding carboxylic acids is 2. The zero-order valence-electron chi connectivity index (χ0n) is 17.5. The standard InChI is InChI=1S/C25H21NO5/c1-4-29-23(27)15-9-12-21-20(13-15)25(18-8-6-5-7-17(18)24(28)31-25)19-11-10-16(26(2)3)14-22(19)30-21/h5-14H,4H2,1-3H3. The number of hydrogen-bond donors (Lipinski definition) is 0. The number of fused-ring (bicyclic) bond motifs is 6. The van der Waals surface area contributed by atoms with Gasteiger partial charge in [-0.25, -0.2) is 9.59 Å². The van der Waals surface area contributed by atoms with Crippen molar-refractivity contribution in [1.82, 2.24) is 0 Å². The summed E-state index contributed by atoms with van der Waals surface area (Å²) in [7, 11) is 3.90. The smallest absolute Gasteiger partial charge is 0.340 e. The number of carbonyl (C=O) groups is 2. The fraction of sp³-hybridized carbons (Fsp3) is 0.200. The van der Waals surface area contributed by atoms with Gasteiger partial charge in [0.05, 0.1) is 17.7 Å². The van der Waals surface area contributed by atoms with Crippen molar-refractivity contribution >= 4 is 17.6 Å². The molecule has 6 heteroatoms. The van der Waals surface area contributed by atoms with E-state index in [4.69, 9.17) is 14.2 Å². The van der Waals surface area contributed by atoms with Gasteiger partial charge in [-0.3, -0.25) is 0 Å². The molecular weight excluding hydrogens is 394 g/mol. The van der Waals surface area contributed by atoms with Gasteiger partial charge in [0, 0.05) is 42.5 Å². The number of hydrogen-bond acceptors (Lipinski definition) is 6. The second kappa shape index (κ2) is 6.87. The lowest BCUT2D eigenvalue weighted by atomic mass is 9.77. The molecule has 2 heterocycles. The van der Waals surface area contributed by atoms with Crippen LogP contribution in [0.25, 0.3) is 0 Å². The van der Waals surface area contributed by atoms with Gasteiger partial charge >= 0.3 is 11.9 Å². The Bertz CT molecular complexity index is 1230. The average molecular weight is 415 g/mol. The van der Waals surface area contributed by atoms with Crippen LogP contribution in [0.1, 0.15) is 44.3 Å². The molecule has 3 aromatic rings. The molecule has 0 aliphatic carbocycles. The van der Waals surface area contributed by atoms with Crippen LogP contribution >= 0.6 is 0 Å². The summed E-state index contributed by atoms with van der Waals surface area (Å²) in [6, 6.07) is 18.2.